The Kier molecular flexibility index (Phi) is 8.94. The lowest BCUT2D eigenvalue weighted by Crippen LogP contribution is -2.61. The van der Waals surface area contributed by atoms with E-state index in [0.29, 0.717) is 44.9 Å². The van der Waals surface area contributed by atoms with Crippen molar-refractivity contribution in [3.8, 4) is 5.75 Å². The van der Waals surface area contributed by atoms with Crippen molar-refractivity contribution in [1.82, 2.24) is 15.6 Å². The van der Waals surface area contributed by atoms with Crippen molar-refractivity contribution in [2.45, 2.75) is 56.5 Å². The first kappa shape index (κ1) is 30.4. The fourth-order valence-electron chi connectivity index (χ4n) is 5.60. The summed E-state index contributed by atoms with van der Waals surface area (Å²) < 4.78 is 14.1. The van der Waals surface area contributed by atoms with E-state index in [1.54, 1.807) is 42.5 Å². The molecule has 5 N–H and O–H groups in total. The molecule has 0 saturated carbocycles. The summed E-state index contributed by atoms with van der Waals surface area (Å²) in [7, 11) is 0. The standard InChI is InChI=1S/C32H30Cl2FN3O5/c33-20-15-22-23-17-32(31(42)43,14-13-26(23)37-29(22)24(34)16-20)38-30(41)27(11-7-18-5-9-21(39)10-6-18)36-28(40)12-8-19-3-1-2-4-25(19)35/h1-6,9-10,15-16,27,37,39H,7-8,11-14,17H2,(H,36,40)(H,38,41)(H,42,43)/t27-,32+/m0/s1. The first-order valence-electron chi connectivity index (χ1n) is 13.9. The van der Waals surface area contributed by atoms with Gasteiger partial charge in [0.15, 0.2) is 0 Å². The van der Waals surface area contributed by atoms with Crippen LogP contribution in [0.4, 0.5) is 4.39 Å². The molecular weight excluding hydrogens is 596 g/mol. The van der Waals surface area contributed by atoms with E-state index in [0.717, 1.165) is 11.3 Å². The predicted octanol–water partition coefficient (Wildman–Crippen LogP) is 5.50. The number of carbonyl (C=O) groups excluding carboxylic acids is 2. The highest BCUT2D eigenvalue weighted by Crippen LogP contribution is 2.38. The van der Waals surface area contributed by atoms with Gasteiger partial charge in [0.05, 0.1) is 10.5 Å². The number of amides is 2. The van der Waals surface area contributed by atoms with Gasteiger partial charge in [-0.15, -0.1) is 0 Å². The van der Waals surface area contributed by atoms with E-state index in [1.807, 2.05) is 0 Å². The second-order valence-corrected chi connectivity index (χ2v) is 11.7. The number of fused-ring (bicyclic) bond motifs is 3. The molecule has 11 heteroatoms. The van der Waals surface area contributed by atoms with Gasteiger partial charge in [0.25, 0.3) is 0 Å². The molecule has 5 rings (SSSR count). The van der Waals surface area contributed by atoms with Crippen LogP contribution < -0.4 is 10.6 Å². The molecule has 4 aromatic rings. The van der Waals surface area contributed by atoms with Crippen LogP contribution >= 0.6 is 23.2 Å². The van der Waals surface area contributed by atoms with E-state index in [1.165, 1.54) is 18.2 Å². The van der Waals surface area contributed by atoms with E-state index in [2.05, 4.69) is 15.6 Å². The van der Waals surface area contributed by atoms with Crippen molar-refractivity contribution in [3.05, 3.63) is 98.9 Å². The third-order valence-corrected chi connectivity index (χ3v) is 8.48. The van der Waals surface area contributed by atoms with E-state index >= 15 is 0 Å². The van der Waals surface area contributed by atoms with Gasteiger partial charge in [0.2, 0.25) is 11.8 Å². The molecule has 3 aromatic carbocycles. The van der Waals surface area contributed by atoms with Crippen LogP contribution in [-0.4, -0.2) is 44.6 Å². The monoisotopic (exact) mass is 625 g/mol. The largest absolute Gasteiger partial charge is 0.508 e. The van der Waals surface area contributed by atoms with Crippen molar-refractivity contribution in [2.24, 2.45) is 0 Å². The summed E-state index contributed by atoms with van der Waals surface area (Å²) in [5.41, 5.74) is 1.75. The third kappa shape index (κ3) is 6.78. The van der Waals surface area contributed by atoms with Gasteiger partial charge < -0.3 is 25.8 Å². The second-order valence-electron chi connectivity index (χ2n) is 10.9. The first-order chi connectivity index (χ1) is 20.5. The minimum atomic E-state index is -1.64. The number of aromatic amines is 1. The number of phenols is 1. The third-order valence-electron chi connectivity index (χ3n) is 7.96. The highest BCUT2D eigenvalue weighted by atomic mass is 35.5. The number of carbonyl (C=O) groups is 3. The number of aryl methyl sites for hydroxylation is 3. The Morgan fingerprint density at radius 2 is 1.79 bits per heavy atom. The zero-order chi connectivity index (χ0) is 30.7. The molecule has 0 saturated heterocycles. The molecule has 2 atom stereocenters. The summed E-state index contributed by atoms with van der Waals surface area (Å²) in [6.07, 6.45) is 1.07. The number of aromatic hydroxyl groups is 1. The van der Waals surface area contributed by atoms with Gasteiger partial charge in [-0.25, -0.2) is 9.18 Å². The highest BCUT2D eigenvalue weighted by molar-refractivity contribution is 6.38. The molecular formula is C32H30Cl2FN3O5. The van der Waals surface area contributed by atoms with Crippen LogP contribution in [0.15, 0.2) is 60.7 Å². The van der Waals surface area contributed by atoms with Crippen LogP contribution in [0, 0.1) is 5.82 Å². The number of H-pyrrole nitrogens is 1. The lowest BCUT2D eigenvalue weighted by molar-refractivity contribution is -0.148. The zero-order valence-corrected chi connectivity index (χ0v) is 24.6. The molecule has 0 fully saturated rings. The molecule has 1 aromatic heterocycles. The Morgan fingerprint density at radius 3 is 2.51 bits per heavy atom. The van der Waals surface area contributed by atoms with Crippen LogP contribution in [0.25, 0.3) is 10.9 Å². The lowest BCUT2D eigenvalue weighted by atomic mass is 9.79. The Hall–Kier alpha value is -4.08. The number of hydrogen-bond acceptors (Lipinski definition) is 4. The summed E-state index contributed by atoms with van der Waals surface area (Å²) >= 11 is 12.6. The van der Waals surface area contributed by atoms with Gasteiger partial charge in [-0.2, -0.15) is 0 Å². The number of hydrogen-bond donors (Lipinski definition) is 5. The number of halogens is 3. The Morgan fingerprint density at radius 1 is 1.05 bits per heavy atom. The van der Waals surface area contributed by atoms with Crippen LogP contribution in [0.5, 0.6) is 5.75 Å². The SMILES string of the molecule is O=C(CCc1ccccc1F)N[C@@H](CCc1ccc(O)cc1)C(=O)N[C@]1(C(=O)O)CCc2[nH]c3c(Cl)cc(Cl)cc3c2C1. The number of benzene rings is 3. The summed E-state index contributed by atoms with van der Waals surface area (Å²) in [4.78, 5) is 42.7. The topological polar surface area (TPSA) is 132 Å². The van der Waals surface area contributed by atoms with Crippen molar-refractivity contribution in [2.75, 3.05) is 0 Å². The molecule has 8 nitrogen and oxygen atoms in total. The minimum absolute atomic E-state index is 0.00795. The molecule has 224 valence electrons. The van der Waals surface area contributed by atoms with Crippen molar-refractivity contribution in [3.63, 3.8) is 0 Å². The zero-order valence-electron chi connectivity index (χ0n) is 23.1. The average Bonchev–Trinajstić information content (AvgIpc) is 3.33. The maximum Gasteiger partial charge on any atom is 0.329 e. The number of rotatable bonds is 10. The van der Waals surface area contributed by atoms with Crippen LogP contribution in [-0.2, 0) is 40.1 Å². The number of carboxylic acids is 1. The quantitative estimate of drug-likeness (QED) is 0.159. The Bertz CT molecular complexity index is 1690. The lowest BCUT2D eigenvalue weighted by Gasteiger charge is -2.35. The fourth-order valence-corrected chi connectivity index (χ4v) is 6.14. The van der Waals surface area contributed by atoms with Crippen LogP contribution in [0.2, 0.25) is 10.0 Å². The molecule has 43 heavy (non-hydrogen) atoms. The maximum absolute atomic E-state index is 14.1. The van der Waals surface area contributed by atoms with Crippen LogP contribution in [0.3, 0.4) is 0 Å². The molecule has 1 heterocycles. The normalized spacial score (nSPS) is 16.8. The molecule has 0 bridgehead atoms. The smallest absolute Gasteiger partial charge is 0.329 e. The van der Waals surface area contributed by atoms with Gasteiger partial charge in [-0.1, -0.05) is 53.5 Å². The molecule has 2 amide bonds. The second kappa shape index (κ2) is 12.7. The highest BCUT2D eigenvalue weighted by Gasteiger charge is 2.45. The summed E-state index contributed by atoms with van der Waals surface area (Å²) in [5.74, 6) is -2.63. The Balaban J connectivity index is 1.36. The maximum atomic E-state index is 14.1. The average molecular weight is 627 g/mol. The molecule has 0 aliphatic heterocycles. The minimum Gasteiger partial charge on any atom is -0.508 e. The van der Waals surface area contributed by atoms with E-state index in [-0.39, 0.29) is 37.9 Å². The molecule has 0 spiro atoms. The summed E-state index contributed by atoms with van der Waals surface area (Å²) in [5, 5.41) is 27.0. The number of phenolic OH excluding ortho intramolecular Hbond substituents is 1. The van der Waals surface area contributed by atoms with Crippen molar-refractivity contribution in [1.29, 1.82) is 0 Å². The van der Waals surface area contributed by atoms with E-state index in [9.17, 15) is 29.0 Å². The van der Waals surface area contributed by atoms with E-state index in [4.69, 9.17) is 23.2 Å². The van der Waals surface area contributed by atoms with Gasteiger partial charge in [0, 0.05) is 28.9 Å². The Labute approximate surface area is 257 Å². The van der Waals surface area contributed by atoms with Gasteiger partial charge in [-0.05, 0) is 79.1 Å². The number of aromatic nitrogens is 1. The number of carboxylic acid groups (broad SMARTS) is 1. The molecule has 1 aliphatic carbocycles. The van der Waals surface area contributed by atoms with Crippen molar-refractivity contribution >= 4 is 51.9 Å². The first-order valence-corrected chi connectivity index (χ1v) is 14.6. The predicted molar refractivity (Wildman–Crippen MR) is 162 cm³/mol. The van der Waals surface area contributed by atoms with Crippen LogP contribution in [0.1, 0.15) is 41.6 Å². The fraction of sp³-hybridized carbons (Fsp3) is 0.281. The number of aliphatic carboxylic acids is 1. The van der Waals surface area contributed by atoms with Gasteiger partial charge in [-0.3, -0.25) is 9.59 Å². The van der Waals surface area contributed by atoms with E-state index < -0.39 is 35.2 Å². The number of nitrogens with one attached hydrogen (secondary N) is 3. The van der Waals surface area contributed by atoms with Crippen molar-refractivity contribution < 1.29 is 29.0 Å². The molecule has 1 aliphatic rings. The van der Waals surface area contributed by atoms with Gasteiger partial charge in [0.1, 0.15) is 23.1 Å². The van der Waals surface area contributed by atoms with Gasteiger partial charge >= 0.3 is 5.97 Å². The molecule has 0 radical (unpaired) electrons. The molecule has 0 unspecified atom stereocenters. The summed E-state index contributed by atoms with van der Waals surface area (Å²) in [6, 6.07) is 14.9. The summed E-state index contributed by atoms with van der Waals surface area (Å²) in [6.45, 7) is 0.